The quantitative estimate of drug-likeness (QED) is 0.674. The SMILES string of the molecule is COc1ccc(-c2ccc(OC)cc2C#Cc2ccco2)cc1. The molecule has 23 heavy (non-hydrogen) atoms. The van der Waals surface area contributed by atoms with Gasteiger partial charge >= 0.3 is 0 Å². The molecule has 3 rings (SSSR count). The van der Waals surface area contributed by atoms with E-state index in [2.05, 4.69) is 11.8 Å². The first-order valence-electron chi connectivity index (χ1n) is 7.18. The summed E-state index contributed by atoms with van der Waals surface area (Å²) in [6.07, 6.45) is 1.61. The van der Waals surface area contributed by atoms with Crippen LogP contribution in [0.5, 0.6) is 11.5 Å². The second-order valence-electron chi connectivity index (χ2n) is 4.87. The van der Waals surface area contributed by atoms with Gasteiger partial charge in [0.15, 0.2) is 5.76 Å². The van der Waals surface area contributed by atoms with Gasteiger partial charge < -0.3 is 13.9 Å². The molecule has 0 unspecified atom stereocenters. The predicted molar refractivity (Wildman–Crippen MR) is 89.7 cm³/mol. The van der Waals surface area contributed by atoms with Crippen LogP contribution < -0.4 is 9.47 Å². The largest absolute Gasteiger partial charge is 0.497 e. The fourth-order valence-electron chi connectivity index (χ4n) is 2.25. The van der Waals surface area contributed by atoms with Crippen molar-refractivity contribution in [1.29, 1.82) is 0 Å². The van der Waals surface area contributed by atoms with E-state index in [9.17, 15) is 0 Å². The Labute approximate surface area is 135 Å². The Kier molecular flexibility index (Phi) is 4.35. The number of ether oxygens (including phenoxy) is 2. The van der Waals surface area contributed by atoms with Crippen molar-refractivity contribution in [1.82, 2.24) is 0 Å². The second kappa shape index (κ2) is 6.76. The molecule has 0 fully saturated rings. The van der Waals surface area contributed by atoms with Gasteiger partial charge in [0.05, 0.1) is 20.5 Å². The smallest absolute Gasteiger partial charge is 0.176 e. The molecule has 0 aliphatic rings. The van der Waals surface area contributed by atoms with Gasteiger partial charge in [-0.1, -0.05) is 18.1 Å². The summed E-state index contributed by atoms with van der Waals surface area (Å²) >= 11 is 0. The van der Waals surface area contributed by atoms with Gasteiger partial charge in [0, 0.05) is 5.56 Å². The summed E-state index contributed by atoms with van der Waals surface area (Å²) in [6, 6.07) is 17.4. The summed E-state index contributed by atoms with van der Waals surface area (Å²) in [5, 5.41) is 0. The lowest BCUT2D eigenvalue weighted by Gasteiger charge is -2.08. The fraction of sp³-hybridized carbons (Fsp3) is 0.100. The van der Waals surface area contributed by atoms with Crippen LogP contribution in [0.2, 0.25) is 0 Å². The van der Waals surface area contributed by atoms with Crippen molar-refractivity contribution in [3.63, 3.8) is 0 Å². The molecule has 0 saturated carbocycles. The Hall–Kier alpha value is -3.12. The third-order valence-electron chi connectivity index (χ3n) is 3.47. The molecule has 0 aliphatic carbocycles. The van der Waals surface area contributed by atoms with E-state index in [0.29, 0.717) is 5.76 Å². The van der Waals surface area contributed by atoms with Crippen LogP contribution in [0.15, 0.2) is 65.3 Å². The van der Waals surface area contributed by atoms with Crippen molar-refractivity contribution in [3.05, 3.63) is 72.2 Å². The lowest BCUT2D eigenvalue weighted by molar-refractivity contribution is 0.414. The predicted octanol–water partition coefficient (Wildman–Crippen LogP) is 4.36. The Morgan fingerprint density at radius 3 is 2.22 bits per heavy atom. The van der Waals surface area contributed by atoms with Crippen molar-refractivity contribution in [2.75, 3.05) is 14.2 Å². The van der Waals surface area contributed by atoms with Crippen LogP contribution in [-0.4, -0.2) is 14.2 Å². The third kappa shape index (κ3) is 3.38. The molecule has 0 aliphatic heterocycles. The monoisotopic (exact) mass is 304 g/mol. The van der Waals surface area contributed by atoms with E-state index in [1.165, 1.54) is 0 Å². The average Bonchev–Trinajstić information content (AvgIpc) is 3.13. The van der Waals surface area contributed by atoms with Gasteiger partial charge in [-0.25, -0.2) is 0 Å². The Morgan fingerprint density at radius 1 is 0.826 bits per heavy atom. The molecule has 1 aromatic heterocycles. The maximum atomic E-state index is 5.31. The van der Waals surface area contributed by atoms with Gasteiger partial charge in [0.1, 0.15) is 11.5 Å². The summed E-state index contributed by atoms with van der Waals surface area (Å²) in [5.41, 5.74) is 2.98. The van der Waals surface area contributed by atoms with Crippen molar-refractivity contribution in [2.45, 2.75) is 0 Å². The highest BCUT2D eigenvalue weighted by Crippen LogP contribution is 2.28. The molecule has 0 radical (unpaired) electrons. The molecule has 0 bridgehead atoms. The highest BCUT2D eigenvalue weighted by Gasteiger charge is 2.06. The molecular weight excluding hydrogens is 288 g/mol. The van der Waals surface area contributed by atoms with Crippen molar-refractivity contribution in [3.8, 4) is 34.5 Å². The standard InChI is InChI=1S/C20H16O3/c1-21-17-8-5-15(6-9-17)20-12-11-19(22-2)14-16(20)7-10-18-4-3-13-23-18/h3-6,8-9,11-14H,1-2H3. The Balaban J connectivity index is 2.04. The van der Waals surface area contributed by atoms with Crippen LogP contribution in [-0.2, 0) is 0 Å². The van der Waals surface area contributed by atoms with Crippen LogP contribution >= 0.6 is 0 Å². The summed E-state index contributed by atoms with van der Waals surface area (Å²) in [5.74, 6) is 8.42. The summed E-state index contributed by atoms with van der Waals surface area (Å²) in [4.78, 5) is 0. The first-order chi connectivity index (χ1) is 11.3. The number of hydrogen-bond acceptors (Lipinski definition) is 3. The molecule has 1 heterocycles. The van der Waals surface area contributed by atoms with Gasteiger partial charge in [-0.2, -0.15) is 0 Å². The summed E-state index contributed by atoms with van der Waals surface area (Å²) < 4.78 is 15.8. The highest BCUT2D eigenvalue weighted by atomic mass is 16.5. The maximum absolute atomic E-state index is 5.31. The van der Waals surface area contributed by atoms with Gasteiger partial charge in [-0.3, -0.25) is 0 Å². The first kappa shape index (κ1) is 14.8. The zero-order chi connectivity index (χ0) is 16.1. The van der Waals surface area contributed by atoms with Crippen LogP contribution in [0.1, 0.15) is 11.3 Å². The second-order valence-corrected chi connectivity index (χ2v) is 4.87. The lowest BCUT2D eigenvalue weighted by atomic mass is 9.99. The van der Waals surface area contributed by atoms with Crippen LogP contribution in [0.3, 0.4) is 0 Å². The van der Waals surface area contributed by atoms with Crippen molar-refractivity contribution < 1.29 is 13.9 Å². The Morgan fingerprint density at radius 2 is 1.57 bits per heavy atom. The fourth-order valence-corrected chi connectivity index (χ4v) is 2.25. The van der Waals surface area contributed by atoms with Crippen LogP contribution in [0.25, 0.3) is 11.1 Å². The third-order valence-corrected chi connectivity index (χ3v) is 3.47. The topological polar surface area (TPSA) is 31.6 Å². The molecule has 114 valence electrons. The molecule has 3 nitrogen and oxygen atoms in total. The van der Waals surface area contributed by atoms with E-state index < -0.39 is 0 Å². The minimum atomic E-state index is 0.633. The number of hydrogen-bond donors (Lipinski definition) is 0. The minimum absolute atomic E-state index is 0.633. The van der Waals surface area contributed by atoms with Gasteiger partial charge in [-0.15, -0.1) is 0 Å². The lowest BCUT2D eigenvalue weighted by Crippen LogP contribution is -1.89. The molecule has 0 spiro atoms. The maximum Gasteiger partial charge on any atom is 0.176 e. The number of methoxy groups -OCH3 is 2. The molecule has 0 saturated heterocycles. The zero-order valence-electron chi connectivity index (χ0n) is 13.0. The number of benzene rings is 2. The first-order valence-corrected chi connectivity index (χ1v) is 7.18. The molecule has 3 heteroatoms. The number of furan rings is 1. The van der Waals surface area contributed by atoms with E-state index in [4.69, 9.17) is 13.9 Å². The van der Waals surface area contributed by atoms with E-state index in [1.807, 2.05) is 54.6 Å². The molecule has 0 amide bonds. The van der Waals surface area contributed by atoms with Gasteiger partial charge in [-0.05, 0) is 59.5 Å². The van der Waals surface area contributed by atoms with Crippen molar-refractivity contribution >= 4 is 0 Å². The highest BCUT2D eigenvalue weighted by molar-refractivity contribution is 5.73. The molecule has 0 atom stereocenters. The van der Waals surface area contributed by atoms with E-state index >= 15 is 0 Å². The zero-order valence-corrected chi connectivity index (χ0v) is 13.0. The minimum Gasteiger partial charge on any atom is -0.497 e. The van der Waals surface area contributed by atoms with Gasteiger partial charge in [0.2, 0.25) is 0 Å². The molecule has 2 aromatic carbocycles. The van der Waals surface area contributed by atoms with E-state index in [0.717, 1.165) is 28.2 Å². The molecule has 0 N–H and O–H groups in total. The number of rotatable bonds is 3. The van der Waals surface area contributed by atoms with Crippen LogP contribution in [0.4, 0.5) is 0 Å². The van der Waals surface area contributed by atoms with E-state index in [-0.39, 0.29) is 0 Å². The van der Waals surface area contributed by atoms with Gasteiger partial charge in [0.25, 0.3) is 0 Å². The van der Waals surface area contributed by atoms with E-state index in [1.54, 1.807) is 20.5 Å². The normalized spacial score (nSPS) is 9.83. The average molecular weight is 304 g/mol. The molecule has 3 aromatic rings. The Bertz CT molecular complexity index is 835. The summed E-state index contributed by atoms with van der Waals surface area (Å²) in [7, 11) is 3.30. The molecular formula is C20H16O3. The summed E-state index contributed by atoms with van der Waals surface area (Å²) in [6.45, 7) is 0. The van der Waals surface area contributed by atoms with Crippen molar-refractivity contribution in [2.24, 2.45) is 0 Å². The van der Waals surface area contributed by atoms with Crippen LogP contribution in [0, 0.1) is 11.8 Å².